The molecule has 0 aromatic heterocycles. The Labute approximate surface area is 163 Å². The number of carbonyl (C=O) groups excluding carboxylic acids is 2. The number of hydrogen-bond donors (Lipinski definition) is 2. The van der Waals surface area contributed by atoms with E-state index in [1.165, 1.54) is 19.2 Å². The normalized spacial score (nSPS) is 11.4. The van der Waals surface area contributed by atoms with Crippen molar-refractivity contribution in [2.24, 2.45) is 0 Å². The molecule has 0 heterocycles. The summed E-state index contributed by atoms with van der Waals surface area (Å²) in [7, 11) is 1.31. The van der Waals surface area contributed by atoms with Gasteiger partial charge in [0.25, 0.3) is 5.91 Å². The standard InChI is InChI=1S/C20H23N3O5/c1-12-5-6-13(2)16(9-12)14(3)22-19(24)11-21-20(25)15-7-8-18(28-4)17(10-15)23(26)27/h5-10,14H,11H2,1-4H3,(H,21,25)(H,22,24). The van der Waals surface area contributed by atoms with Gasteiger partial charge in [0, 0.05) is 11.6 Å². The maximum Gasteiger partial charge on any atom is 0.311 e. The smallest absolute Gasteiger partial charge is 0.311 e. The van der Waals surface area contributed by atoms with Gasteiger partial charge < -0.3 is 15.4 Å². The van der Waals surface area contributed by atoms with Crippen LogP contribution >= 0.6 is 0 Å². The van der Waals surface area contributed by atoms with Gasteiger partial charge in [0.2, 0.25) is 5.91 Å². The summed E-state index contributed by atoms with van der Waals surface area (Å²) in [5.74, 6) is -0.883. The molecule has 1 atom stereocenters. The summed E-state index contributed by atoms with van der Waals surface area (Å²) in [5, 5.41) is 16.4. The third-order valence-corrected chi connectivity index (χ3v) is 4.33. The molecule has 148 valence electrons. The van der Waals surface area contributed by atoms with Gasteiger partial charge in [0.05, 0.1) is 24.6 Å². The lowest BCUT2D eigenvalue weighted by molar-refractivity contribution is -0.385. The Morgan fingerprint density at radius 1 is 1.18 bits per heavy atom. The number of rotatable bonds is 7. The number of hydrogen-bond acceptors (Lipinski definition) is 5. The zero-order chi connectivity index (χ0) is 20.8. The van der Waals surface area contributed by atoms with Gasteiger partial charge in [-0.2, -0.15) is 0 Å². The first-order chi connectivity index (χ1) is 13.2. The van der Waals surface area contributed by atoms with Crippen LogP contribution in [-0.2, 0) is 4.79 Å². The average molecular weight is 385 g/mol. The summed E-state index contributed by atoms with van der Waals surface area (Å²) in [6.45, 7) is 5.57. The first-order valence-electron chi connectivity index (χ1n) is 8.70. The molecule has 0 fully saturated rings. The summed E-state index contributed by atoms with van der Waals surface area (Å²) in [5.41, 5.74) is 2.92. The summed E-state index contributed by atoms with van der Waals surface area (Å²) in [6, 6.07) is 9.65. The number of carbonyl (C=O) groups is 2. The predicted molar refractivity (Wildman–Crippen MR) is 104 cm³/mol. The highest BCUT2D eigenvalue weighted by Crippen LogP contribution is 2.27. The molecule has 0 bridgehead atoms. The number of nitrogens with one attached hydrogen (secondary N) is 2. The molecule has 2 amide bonds. The van der Waals surface area contributed by atoms with Gasteiger partial charge in [-0.25, -0.2) is 0 Å². The number of ether oxygens (including phenoxy) is 1. The highest BCUT2D eigenvalue weighted by atomic mass is 16.6. The fourth-order valence-electron chi connectivity index (χ4n) is 2.83. The van der Waals surface area contributed by atoms with Crippen LogP contribution in [0.1, 0.15) is 40.0 Å². The van der Waals surface area contributed by atoms with Gasteiger partial charge in [-0.05, 0) is 44.0 Å². The molecule has 0 spiro atoms. The number of aryl methyl sites for hydroxylation is 2. The summed E-state index contributed by atoms with van der Waals surface area (Å²) >= 11 is 0. The molecule has 1 unspecified atom stereocenters. The van der Waals surface area contributed by atoms with Gasteiger partial charge in [0.15, 0.2) is 5.75 Å². The van der Waals surface area contributed by atoms with Gasteiger partial charge in [-0.3, -0.25) is 19.7 Å². The first kappa shape index (κ1) is 20.9. The van der Waals surface area contributed by atoms with E-state index >= 15 is 0 Å². The Bertz CT molecular complexity index is 911. The number of nitro groups is 1. The number of amides is 2. The molecule has 8 nitrogen and oxygen atoms in total. The Morgan fingerprint density at radius 2 is 1.89 bits per heavy atom. The van der Waals surface area contributed by atoms with E-state index in [2.05, 4.69) is 10.6 Å². The van der Waals surface area contributed by atoms with Crippen molar-refractivity contribution in [1.82, 2.24) is 10.6 Å². The quantitative estimate of drug-likeness (QED) is 0.562. The molecule has 2 rings (SSSR count). The molecule has 0 saturated carbocycles. The van der Waals surface area contributed by atoms with Crippen molar-refractivity contribution in [3.05, 3.63) is 68.8 Å². The van der Waals surface area contributed by atoms with Gasteiger partial charge in [-0.1, -0.05) is 23.8 Å². The lowest BCUT2D eigenvalue weighted by atomic mass is 10.00. The molecule has 2 aromatic carbocycles. The average Bonchev–Trinajstić information content (AvgIpc) is 2.67. The first-order valence-corrected chi connectivity index (χ1v) is 8.70. The highest BCUT2D eigenvalue weighted by molar-refractivity contribution is 5.97. The van der Waals surface area contributed by atoms with Crippen molar-refractivity contribution < 1.29 is 19.2 Å². The van der Waals surface area contributed by atoms with Crippen molar-refractivity contribution in [3.8, 4) is 5.75 Å². The van der Waals surface area contributed by atoms with Crippen LogP contribution in [0.15, 0.2) is 36.4 Å². The maximum atomic E-state index is 12.2. The van der Waals surface area contributed by atoms with Gasteiger partial charge in [0.1, 0.15) is 0 Å². The van der Waals surface area contributed by atoms with Crippen molar-refractivity contribution >= 4 is 17.5 Å². The fourth-order valence-corrected chi connectivity index (χ4v) is 2.83. The van der Waals surface area contributed by atoms with Crippen molar-refractivity contribution in [2.75, 3.05) is 13.7 Å². The lowest BCUT2D eigenvalue weighted by Crippen LogP contribution is -2.38. The molecule has 28 heavy (non-hydrogen) atoms. The third kappa shape index (κ3) is 5.06. The number of nitro benzene ring substituents is 1. The zero-order valence-electron chi connectivity index (χ0n) is 16.2. The van der Waals surface area contributed by atoms with Gasteiger partial charge >= 0.3 is 5.69 Å². The minimum absolute atomic E-state index is 0.0571. The third-order valence-electron chi connectivity index (χ3n) is 4.33. The van der Waals surface area contributed by atoms with E-state index < -0.39 is 10.8 Å². The monoisotopic (exact) mass is 385 g/mol. The van der Waals surface area contributed by atoms with E-state index in [4.69, 9.17) is 4.74 Å². The van der Waals surface area contributed by atoms with Crippen molar-refractivity contribution in [2.45, 2.75) is 26.8 Å². The van der Waals surface area contributed by atoms with E-state index in [1.54, 1.807) is 0 Å². The maximum absolute atomic E-state index is 12.2. The molecular formula is C20H23N3O5. The van der Waals surface area contributed by atoms with Crippen molar-refractivity contribution in [3.63, 3.8) is 0 Å². The second-order valence-corrected chi connectivity index (χ2v) is 6.48. The Balaban J connectivity index is 1.99. The topological polar surface area (TPSA) is 111 Å². The molecule has 0 aliphatic heterocycles. The van der Waals surface area contributed by atoms with E-state index in [-0.39, 0.29) is 35.5 Å². The molecule has 8 heteroatoms. The highest BCUT2D eigenvalue weighted by Gasteiger charge is 2.19. The fraction of sp³-hybridized carbons (Fsp3) is 0.300. The Morgan fingerprint density at radius 3 is 2.54 bits per heavy atom. The second-order valence-electron chi connectivity index (χ2n) is 6.48. The molecule has 2 N–H and O–H groups in total. The molecule has 2 aromatic rings. The number of benzene rings is 2. The largest absolute Gasteiger partial charge is 0.490 e. The molecule has 0 aliphatic carbocycles. The van der Waals surface area contributed by atoms with Crippen LogP contribution in [0.3, 0.4) is 0 Å². The van der Waals surface area contributed by atoms with Crippen LogP contribution < -0.4 is 15.4 Å². The molecule has 0 radical (unpaired) electrons. The van der Waals surface area contributed by atoms with Crippen LogP contribution in [0.5, 0.6) is 5.75 Å². The number of nitrogens with zero attached hydrogens (tertiary/aromatic N) is 1. The zero-order valence-corrected chi connectivity index (χ0v) is 16.2. The lowest BCUT2D eigenvalue weighted by Gasteiger charge is -2.17. The second kappa shape index (κ2) is 8.98. The van der Waals surface area contributed by atoms with E-state index in [9.17, 15) is 19.7 Å². The van der Waals surface area contributed by atoms with Crippen LogP contribution in [0.2, 0.25) is 0 Å². The van der Waals surface area contributed by atoms with E-state index in [0.29, 0.717) is 0 Å². The van der Waals surface area contributed by atoms with Crippen LogP contribution in [0.4, 0.5) is 5.69 Å². The summed E-state index contributed by atoms with van der Waals surface area (Å²) in [4.78, 5) is 34.8. The van der Waals surface area contributed by atoms with Crippen molar-refractivity contribution in [1.29, 1.82) is 0 Å². The summed E-state index contributed by atoms with van der Waals surface area (Å²) < 4.78 is 4.91. The molecule has 0 aliphatic rings. The van der Waals surface area contributed by atoms with Crippen LogP contribution in [0, 0.1) is 24.0 Å². The minimum Gasteiger partial charge on any atom is -0.490 e. The number of methoxy groups -OCH3 is 1. The Hall–Kier alpha value is -3.42. The van der Waals surface area contributed by atoms with E-state index in [0.717, 1.165) is 22.8 Å². The predicted octanol–water partition coefficient (Wildman–Crippen LogP) is 2.83. The SMILES string of the molecule is COc1ccc(C(=O)NCC(=O)NC(C)c2cc(C)ccc2C)cc1[N+](=O)[O-]. The van der Waals surface area contributed by atoms with Gasteiger partial charge in [-0.15, -0.1) is 0 Å². The van der Waals surface area contributed by atoms with E-state index in [1.807, 2.05) is 39.0 Å². The molecule has 0 saturated heterocycles. The summed E-state index contributed by atoms with van der Waals surface area (Å²) in [6.07, 6.45) is 0. The molecular weight excluding hydrogens is 362 g/mol. The van der Waals surface area contributed by atoms with Crippen LogP contribution in [0.25, 0.3) is 0 Å². The van der Waals surface area contributed by atoms with Crippen LogP contribution in [-0.4, -0.2) is 30.4 Å². The Kier molecular flexibility index (Phi) is 6.70. The minimum atomic E-state index is -0.631.